The van der Waals surface area contributed by atoms with Gasteiger partial charge in [0.2, 0.25) is 0 Å². The monoisotopic (exact) mass is 519 g/mol. The summed E-state index contributed by atoms with van der Waals surface area (Å²) in [4.78, 5) is 8.41. The van der Waals surface area contributed by atoms with Crippen molar-refractivity contribution in [2.24, 2.45) is 0 Å². The molecular formula is C20H21ClF3N5O4S. The van der Waals surface area contributed by atoms with Crippen molar-refractivity contribution in [2.75, 3.05) is 12.4 Å². The molecule has 0 bridgehead atoms. The lowest BCUT2D eigenvalue weighted by molar-refractivity contribution is -0.138. The van der Waals surface area contributed by atoms with E-state index in [1.54, 1.807) is 16.8 Å². The summed E-state index contributed by atoms with van der Waals surface area (Å²) in [7, 11) is -3.28. The van der Waals surface area contributed by atoms with Gasteiger partial charge in [0.25, 0.3) is 0 Å². The highest BCUT2D eigenvalue weighted by molar-refractivity contribution is 7.83. The Morgan fingerprint density at radius 3 is 2.68 bits per heavy atom. The van der Waals surface area contributed by atoms with E-state index in [1.807, 2.05) is 0 Å². The standard InChI is InChI=1S/C20H21ClF3N5O4S/c1-28(34(31,32)33)16-7-13(8-17(16)30)29-5-4-14-18(26-10-27-19(14)29)25-9-11-2-3-12(21)6-15(11)20(22,23)24/h2-6,10,13,16-17,30H,7-9H2,1H3,(H,25,26,27)(H,31,32,33)/t13-,16+,17+/m1/s1. The predicted octanol–water partition coefficient (Wildman–Crippen LogP) is 3.51. The molecule has 14 heteroatoms. The Balaban J connectivity index is 1.58. The van der Waals surface area contributed by atoms with Gasteiger partial charge in [0.05, 0.1) is 23.1 Å². The summed E-state index contributed by atoms with van der Waals surface area (Å²) in [5.41, 5.74) is -0.376. The number of alkyl halides is 3. The normalized spacial score (nSPS) is 21.5. The van der Waals surface area contributed by atoms with Crippen molar-refractivity contribution in [1.82, 2.24) is 18.8 Å². The molecule has 0 unspecified atom stereocenters. The summed E-state index contributed by atoms with van der Waals surface area (Å²) in [5, 5.41) is 13.8. The van der Waals surface area contributed by atoms with E-state index in [0.717, 1.165) is 10.4 Å². The molecule has 0 amide bonds. The van der Waals surface area contributed by atoms with Gasteiger partial charge >= 0.3 is 16.5 Å². The van der Waals surface area contributed by atoms with Crippen LogP contribution >= 0.6 is 11.6 Å². The Labute approximate surface area is 198 Å². The number of aromatic nitrogens is 3. The molecule has 1 saturated carbocycles. The van der Waals surface area contributed by atoms with E-state index < -0.39 is 34.2 Å². The molecule has 2 heterocycles. The average Bonchev–Trinajstić information content (AvgIpc) is 3.34. The third kappa shape index (κ3) is 4.84. The van der Waals surface area contributed by atoms with Crippen molar-refractivity contribution < 1.29 is 31.2 Å². The molecular weight excluding hydrogens is 499 g/mol. The van der Waals surface area contributed by atoms with Gasteiger partial charge < -0.3 is 15.0 Å². The summed E-state index contributed by atoms with van der Waals surface area (Å²) in [5.74, 6) is 0.317. The first-order valence-corrected chi connectivity index (χ1v) is 11.9. The molecule has 3 aromatic rings. The van der Waals surface area contributed by atoms with E-state index in [9.17, 15) is 31.2 Å². The highest BCUT2D eigenvalue weighted by Crippen LogP contribution is 2.37. The molecule has 1 fully saturated rings. The van der Waals surface area contributed by atoms with Crippen LogP contribution in [0.2, 0.25) is 5.02 Å². The van der Waals surface area contributed by atoms with Crippen molar-refractivity contribution in [1.29, 1.82) is 0 Å². The lowest BCUT2D eigenvalue weighted by Gasteiger charge is -2.23. The summed E-state index contributed by atoms with van der Waals surface area (Å²) >= 11 is 5.74. The predicted molar refractivity (Wildman–Crippen MR) is 119 cm³/mol. The van der Waals surface area contributed by atoms with Crippen molar-refractivity contribution >= 4 is 38.8 Å². The second-order valence-corrected chi connectivity index (χ2v) is 10.00. The number of hydrogen-bond donors (Lipinski definition) is 3. The maximum Gasteiger partial charge on any atom is 0.416 e. The minimum atomic E-state index is -4.57. The Bertz CT molecular complexity index is 1320. The molecule has 3 atom stereocenters. The highest BCUT2D eigenvalue weighted by Gasteiger charge is 2.40. The van der Waals surface area contributed by atoms with Crippen LogP contribution in [-0.2, 0) is 23.0 Å². The van der Waals surface area contributed by atoms with Gasteiger partial charge in [-0.3, -0.25) is 4.55 Å². The van der Waals surface area contributed by atoms with E-state index in [1.165, 1.54) is 25.5 Å². The fourth-order valence-corrected chi connectivity index (χ4v) is 5.05. The van der Waals surface area contributed by atoms with Gasteiger partial charge in [-0.05, 0) is 36.6 Å². The molecule has 1 aliphatic rings. The molecule has 184 valence electrons. The number of anilines is 1. The number of rotatable bonds is 6. The highest BCUT2D eigenvalue weighted by atomic mass is 35.5. The number of fused-ring (bicyclic) bond motifs is 1. The van der Waals surface area contributed by atoms with Crippen LogP contribution in [0.1, 0.15) is 30.0 Å². The van der Waals surface area contributed by atoms with Crippen LogP contribution in [0.5, 0.6) is 0 Å². The number of aliphatic hydroxyl groups is 1. The molecule has 0 saturated heterocycles. The number of likely N-dealkylation sites (N-methyl/N-ethyl adjacent to an activating group) is 1. The molecule has 2 aromatic heterocycles. The first kappa shape index (κ1) is 24.7. The smallest absolute Gasteiger partial charge is 0.391 e. The molecule has 34 heavy (non-hydrogen) atoms. The molecule has 0 spiro atoms. The molecule has 1 aliphatic carbocycles. The Morgan fingerprint density at radius 2 is 2.00 bits per heavy atom. The van der Waals surface area contributed by atoms with E-state index in [2.05, 4.69) is 15.3 Å². The first-order chi connectivity index (χ1) is 15.9. The fraction of sp³-hybridized carbons (Fsp3) is 0.400. The molecule has 1 aromatic carbocycles. The van der Waals surface area contributed by atoms with E-state index in [4.69, 9.17) is 11.6 Å². The fourth-order valence-electron chi connectivity index (χ4n) is 4.31. The summed E-state index contributed by atoms with van der Waals surface area (Å²) in [6, 6.07) is 4.10. The Hall–Kier alpha value is -2.45. The first-order valence-electron chi connectivity index (χ1n) is 10.2. The molecule has 9 nitrogen and oxygen atoms in total. The van der Waals surface area contributed by atoms with Gasteiger partial charge in [0.15, 0.2) is 0 Å². The van der Waals surface area contributed by atoms with Crippen LogP contribution in [0.25, 0.3) is 11.0 Å². The maximum atomic E-state index is 13.4. The van der Waals surface area contributed by atoms with Gasteiger partial charge in [-0.25, -0.2) is 9.97 Å². The van der Waals surface area contributed by atoms with E-state index in [0.29, 0.717) is 16.9 Å². The van der Waals surface area contributed by atoms with Crippen molar-refractivity contribution in [3.8, 4) is 0 Å². The van der Waals surface area contributed by atoms with Crippen LogP contribution in [0.15, 0.2) is 36.8 Å². The molecule has 0 radical (unpaired) electrons. The Kier molecular flexibility index (Phi) is 6.50. The number of halogens is 4. The number of aliphatic hydroxyl groups excluding tert-OH is 1. The van der Waals surface area contributed by atoms with Crippen LogP contribution < -0.4 is 5.32 Å². The number of benzene rings is 1. The zero-order valence-electron chi connectivity index (χ0n) is 17.7. The minimum absolute atomic E-state index is 0.00176. The van der Waals surface area contributed by atoms with Crippen molar-refractivity contribution in [3.63, 3.8) is 0 Å². The summed E-state index contributed by atoms with van der Waals surface area (Å²) in [6.45, 7) is -0.160. The Morgan fingerprint density at radius 1 is 1.26 bits per heavy atom. The quantitative estimate of drug-likeness (QED) is 0.426. The molecule has 0 aliphatic heterocycles. The van der Waals surface area contributed by atoms with Crippen LogP contribution in [0.3, 0.4) is 0 Å². The van der Waals surface area contributed by atoms with Gasteiger partial charge in [-0.1, -0.05) is 17.7 Å². The summed E-state index contributed by atoms with van der Waals surface area (Å²) in [6.07, 6.45) is -2.16. The van der Waals surface area contributed by atoms with Crippen LogP contribution in [0, 0.1) is 0 Å². The van der Waals surface area contributed by atoms with Crippen molar-refractivity contribution in [2.45, 2.75) is 43.8 Å². The zero-order valence-corrected chi connectivity index (χ0v) is 19.3. The SMILES string of the molecule is CN([C@H]1C[C@@H](n2ccc3c(NCc4ccc(Cl)cc4C(F)(F)F)ncnc32)C[C@@H]1O)S(=O)(=O)O. The van der Waals surface area contributed by atoms with Gasteiger partial charge in [-0.2, -0.15) is 25.9 Å². The maximum absolute atomic E-state index is 13.4. The van der Waals surface area contributed by atoms with Crippen LogP contribution in [-0.4, -0.2) is 56.1 Å². The van der Waals surface area contributed by atoms with Gasteiger partial charge in [-0.15, -0.1) is 0 Å². The summed E-state index contributed by atoms with van der Waals surface area (Å²) < 4.78 is 74.9. The van der Waals surface area contributed by atoms with Gasteiger partial charge in [0.1, 0.15) is 17.8 Å². The number of hydrogen-bond acceptors (Lipinski definition) is 6. The number of nitrogens with one attached hydrogen (secondary N) is 1. The van der Waals surface area contributed by atoms with Gasteiger partial charge in [0, 0.05) is 30.9 Å². The third-order valence-corrected chi connectivity index (χ3v) is 7.26. The molecule has 3 N–H and O–H groups in total. The number of nitrogens with zero attached hydrogens (tertiary/aromatic N) is 4. The molecule has 4 rings (SSSR count). The second-order valence-electron chi connectivity index (χ2n) is 8.09. The van der Waals surface area contributed by atoms with Crippen LogP contribution in [0.4, 0.5) is 19.0 Å². The third-order valence-electron chi connectivity index (χ3n) is 6.03. The van der Waals surface area contributed by atoms with E-state index in [-0.39, 0.29) is 36.0 Å². The topological polar surface area (TPSA) is 121 Å². The van der Waals surface area contributed by atoms with E-state index >= 15 is 0 Å². The lowest BCUT2D eigenvalue weighted by Crippen LogP contribution is -2.41. The lowest BCUT2D eigenvalue weighted by atomic mass is 10.1. The largest absolute Gasteiger partial charge is 0.416 e. The second kappa shape index (κ2) is 8.96. The van der Waals surface area contributed by atoms with Crippen molar-refractivity contribution in [3.05, 3.63) is 52.9 Å². The zero-order chi connectivity index (χ0) is 24.8. The minimum Gasteiger partial charge on any atom is -0.391 e. The average molecular weight is 520 g/mol.